The maximum absolute atomic E-state index is 10.2. The highest BCUT2D eigenvalue weighted by Crippen LogP contribution is 2.32. The number of hydrogen-bond donors (Lipinski definition) is 1. The lowest BCUT2D eigenvalue weighted by molar-refractivity contribution is -0.108. The highest BCUT2D eigenvalue weighted by atomic mass is 16.5. The van der Waals surface area contributed by atoms with Crippen LogP contribution in [0.5, 0.6) is 11.5 Å². The molecule has 0 unspecified atom stereocenters. The molecule has 0 saturated heterocycles. The van der Waals surface area contributed by atoms with E-state index in [1.165, 1.54) is 0 Å². The monoisotopic (exact) mass is 236 g/mol. The largest absolute Gasteiger partial charge is 0.507 e. The van der Waals surface area contributed by atoms with Crippen LogP contribution in [0, 0.1) is 0 Å². The van der Waals surface area contributed by atoms with Crippen molar-refractivity contribution in [2.75, 3.05) is 6.61 Å². The van der Waals surface area contributed by atoms with Gasteiger partial charge in [0.1, 0.15) is 17.8 Å². The molecule has 3 nitrogen and oxygen atoms in total. The zero-order valence-electron chi connectivity index (χ0n) is 10.5. The average molecular weight is 236 g/mol. The summed E-state index contributed by atoms with van der Waals surface area (Å²) in [5.74, 6) is 1.04. The molecule has 0 amide bonds. The van der Waals surface area contributed by atoms with Crippen LogP contribution in [0.1, 0.15) is 37.8 Å². The maximum atomic E-state index is 10.2. The van der Waals surface area contributed by atoms with Crippen molar-refractivity contribution in [1.29, 1.82) is 0 Å². The summed E-state index contributed by atoms with van der Waals surface area (Å²) < 4.78 is 5.52. The predicted octanol–water partition coefficient (Wildman–Crippen LogP) is 2.87. The van der Waals surface area contributed by atoms with Crippen molar-refractivity contribution in [3.8, 4) is 11.5 Å². The molecule has 94 valence electrons. The zero-order valence-corrected chi connectivity index (χ0v) is 10.5. The first-order valence-electron chi connectivity index (χ1n) is 6.14. The molecule has 0 atom stereocenters. The Morgan fingerprint density at radius 3 is 2.71 bits per heavy atom. The molecule has 0 aliphatic heterocycles. The number of aldehydes is 1. The van der Waals surface area contributed by atoms with Gasteiger partial charge in [-0.25, -0.2) is 0 Å². The van der Waals surface area contributed by atoms with Crippen molar-refractivity contribution in [2.45, 2.75) is 39.5 Å². The highest BCUT2D eigenvalue weighted by molar-refractivity contribution is 5.51. The number of aromatic hydroxyl groups is 1. The quantitative estimate of drug-likeness (QED) is 0.585. The second kappa shape index (κ2) is 6.94. The summed E-state index contributed by atoms with van der Waals surface area (Å²) in [6.45, 7) is 4.44. The van der Waals surface area contributed by atoms with Crippen LogP contribution in [0.25, 0.3) is 0 Å². The maximum Gasteiger partial charge on any atom is 0.126 e. The van der Waals surface area contributed by atoms with Gasteiger partial charge in [-0.15, -0.1) is 0 Å². The zero-order chi connectivity index (χ0) is 12.7. The molecule has 0 heterocycles. The van der Waals surface area contributed by atoms with E-state index in [-0.39, 0.29) is 0 Å². The van der Waals surface area contributed by atoms with E-state index in [1.54, 1.807) is 0 Å². The molecule has 1 N–H and O–H groups in total. The number of rotatable bonds is 7. The summed E-state index contributed by atoms with van der Waals surface area (Å²) in [4.78, 5) is 10.2. The standard InChI is InChI=1S/C14H20O3/c1-3-6-12-13(17-10-5-9-15)8-7-11(4-2)14(12)16/h7-9,16H,3-6,10H2,1-2H3. The van der Waals surface area contributed by atoms with E-state index in [9.17, 15) is 9.90 Å². The van der Waals surface area contributed by atoms with Crippen molar-refractivity contribution >= 4 is 6.29 Å². The molecule has 1 aromatic rings. The van der Waals surface area contributed by atoms with Crippen molar-refractivity contribution in [3.63, 3.8) is 0 Å². The second-order valence-electron chi connectivity index (χ2n) is 3.96. The number of phenolic OH excluding ortho intramolecular Hbond substituents is 1. The van der Waals surface area contributed by atoms with Gasteiger partial charge >= 0.3 is 0 Å². The van der Waals surface area contributed by atoms with E-state index >= 15 is 0 Å². The number of ether oxygens (including phenoxy) is 1. The van der Waals surface area contributed by atoms with E-state index in [4.69, 9.17) is 4.74 Å². The summed E-state index contributed by atoms with van der Waals surface area (Å²) in [6, 6.07) is 3.76. The minimum Gasteiger partial charge on any atom is -0.507 e. The normalized spacial score (nSPS) is 10.2. The lowest BCUT2D eigenvalue weighted by atomic mass is 10.0. The van der Waals surface area contributed by atoms with E-state index in [0.717, 1.165) is 36.7 Å². The Bertz CT molecular complexity index is 372. The number of aryl methyl sites for hydroxylation is 1. The minimum absolute atomic E-state index is 0.345. The minimum atomic E-state index is 0.345. The predicted molar refractivity (Wildman–Crippen MR) is 67.7 cm³/mol. The Morgan fingerprint density at radius 2 is 2.12 bits per heavy atom. The second-order valence-corrected chi connectivity index (χ2v) is 3.96. The van der Waals surface area contributed by atoms with Crippen LogP contribution < -0.4 is 4.74 Å². The number of benzene rings is 1. The third-order valence-electron chi connectivity index (χ3n) is 2.70. The van der Waals surface area contributed by atoms with Crippen molar-refractivity contribution in [1.82, 2.24) is 0 Å². The first-order chi connectivity index (χ1) is 8.24. The van der Waals surface area contributed by atoms with Crippen LogP contribution in [-0.2, 0) is 17.6 Å². The van der Waals surface area contributed by atoms with Crippen LogP contribution >= 0.6 is 0 Å². The molecule has 0 radical (unpaired) electrons. The van der Waals surface area contributed by atoms with E-state index in [2.05, 4.69) is 6.92 Å². The SMILES string of the molecule is CCCc1c(OCCC=O)ccc(CC)c1O. The van der Waals surface area contributed by atoms with Crippen LogP contribution in [-0.4, -0.2) is 18.0 Å². The molecule has 0 spiro atoms. The summed E-state index contributed by atoms with van der Waals surface area (Å²) >= 11 is 0. The van der Waals surface area contributed by atoms with Crippen LogP contribution in [0.15, 0.2) is 12.1 Å². The molecule has 0 saturated carbocycles. The first-order valence-corrected chi connectivity index (χ1v) is 6.14. The molecule has 0 fully saturated rings. The average Bonchev–Trinajstić information content (AvgIpc) is 2.34. The smallest absolute Gasteiger partial charge is 0.126 e. The van der Waals surface area contributed by atoms with Crippen molar-refractivity contribution in [2.24, 2.45) is 0 Å². The summed E-state index contributed by atoms with van der Waals surface area (Å²) in [7, 11) is 0. The van der Waals surface area contributed by atoms with E-state index in [0.29, 0.717) is 24.5 Å². The fraction of sp³-hybridized carbons (Fsp3) is 0.500. The van der Waals surface area contributed by atoms with Gasteiger partial charge in [0.05, 0.1) is 6.61 Å². The van der Waals surface area contributed by atoms with Crippen molar-refractivity contribution < 1.29 is 14.6 Å². The molecular weight excluding hydrogens is 216 g/mol. The topological polar surface area (TPSA) is 46.5 Å². The number of carbonyl (C=O) groups excluding carboxylic acids is 1. The molecule has 17 heavy (non-hydrogen) atoms. The van der Waals surface area contributed by atoms with Crippen LogP contribution in [0.2, 0.25) is 0 Å². The third-order valence-corrected chi connectivity index (χ3v) is 2.70. The van der Waals surface area contributed by atoms with Crippen molar-refractivity contribution in [3.05, 3.63) is 23.3 Å². The van der Waals surface area contributed by atoms with E-state index < -0.39 is 0 Å². The molecule has 0 aliphatic rings. The van der Waals surface area contributed by atoms with Crippen LogP contribution in [0.4, 0.5) is 0 Å². The van der Waals surface area contributed by atoms with Crippen LogP contribution in [0.3, 0.4) is 0 Å². The van der Waals surface area contributed by atoms with Gasteiger partial charge in [0, 0.05) is 12.0 Å². The Labute approximate surface area is 102 Å². The van der Waals surface area contributed by atoms with Gasteiger partial charge in [0.25, 0.3) is 0 Å². The summed E-state index contributed by atoms with van der Waals surface area (Å²) in [5.41, 5.74) is 1.80. The van der Waals surface area contributed by atoms with Gasteiger partial charge in [-0.1, -0.05) is 26.3 Å². The van der Waals surface area contributed by atoms with Gasteiger partial charge < -0.3 is 14.6 Å². The van der Waals surface area contributed by atoms with Gasteiger partial charge in [-0.3, -0.25) is 0 Å². The molecule has 3 heteroatoms. The molecule has 0 aromatic heterocycles. The first kappa shape index (κ1) is 13.6. The fourth-order valence-electron chi connectivity index (χ4n) is 1.80. The number of hydrogen-bond acceptors (Lipinski definition) is 3. The summed E-state index contributed by atoms with van der Waals surface area (Å²) in [6.07, 6.45) is 3.75. The Hall–Kier alpha value is -1.51. The number of carbonyl (C=O) groups is 1. The molecule has 0 bridgehead atoms. The molecule has 1 rings (SSSR count). The lowest BCUT2D eigenvalue weighted by Gasteiger charge is -2.14. The summed E-state index contributed by atoms with van der Waals surface area (Å²) in [5, 5.41) is 10.1. The van der Waals surface area contributed by atoms with Gasteiger partial charge in [0.15, 0.2) is 0 Å². The third kappa shape index (κ3) is 3.48. The molecule has 1 aromatic carbocycles. The Morgan fingerprint density at radius 1 is 1.35 bits per heavy atom. The highest BCUT2D eigenvalue weighted by Gasteiger charge is 2.12. The van der Waals surface area contributed by atoms with Gasteiger partial charge in [0.2, 0.25) is 0 Å². The lowest BCUT2D eigenvalue weighted by Crippen LogP contribution is -2.02. The fourth-order valence-corrected chi connectivity index (χ4v) is 1.80. The van der Waals surface area contributed by atoms with Gasteiger partial charge in [-0.2, -0.15) is 0 Å². The Balaban J connectivity index is 2.94. The molecular formula is C14H20O3. The van der Waals surface area contributed by atoms with E-state index in [1.807, 2.05) is 19.1 Å². The number of phenols is 1. The Kier molecular flexibility index (Phi) is 5.53. The van der Waals surface area contributed by atoms with Gasteiger partial charge in [-0.05, 0) is 24.5 Å². The molecule has 0 aliphatic carbocycles.